The normalized spacial score (nSPS) is 10.9. The molecule has 4 nitrogen and oxygen atoms in total. The van der Waals surface area contributed by atoms with Gasteiger partial charge in [0.25, 0.3) is 0 Å². The molecule has 0 aliphatic carbocycles. The van der Waals surface area contributed by atoms with Crippen molar-refractivity contribution in [1.29, 1.82) is 0 Å². The van der Waals surface area contributed by atoms with Crippen LogP contribution in [0.4, 0.5) is 0 Å². The van der Waals surface area contributed by atoms with Crippen molar-refractivity contribution < 1.29 is 0 Å². The SMILES string of the molecule is CCCCNCCn1nc(CC)nc1CC. The van der Waals surface area contributed by atoms with Crippen LogP contribution in [0.15, 0.2) is 0 Å². The third kappa shape index (κ3) is 3.93. The Morgan fingerprint density at radius 1 is 1.12 bits per heavy atom. The molecule has 1 N–H and O–H groups in total. The minimum absolute atomic E-state index is 0.920. The van der Waals surface area contributed by atoms with Gasteiger partial charge in [-0.1, -0.05) is 27.2 Å². The lowest BCUT2D eigenvalue weighted by Gasteiger charge is -2.05. The maximum absolute atomic E-state index is 4.49. The van der Waals surface area contributed by atoms with Crippen molar-refractivity contribution in [3.05, 3.63) is 11.6 Å². The Kier molecular flexibility index (Phi) is 6.08. The van der Waals surface area contributed by atoms with Crippen molar-refractivity contribution >= 4 is 0 Å². The average molecular weight is 224 g/mol. The van der Waals surface area contributed by atoms with Gasteiger partial charge in [0, 0.05) is 19.4 Å². The highest BCUT2D eigenvalue weighted by molar-refractivity contribution is 4.92. The van der Waals surface area contributed by atoms with Crippen molar-refractivity contribution in [2.75, 3.05) is 13.1 Å². The Labute approximate surface area is 98.5 Å². The molecular formula is C12H24N4. The molecular weight excluding hydrogens is 200 g/mol. The van der Waals surface area contributed by atoms with E-state index in [1.165, 1.54) is 12.8 Å². The summed E-state index contributed by atoms with van der Waals surface area (Å²) in [5, 5.41) is 7.91. The number of nitrogens with one attached hydrogen (secondary N) is 1. The van der Waals surface area contributed by atoms with Crippen molar-refractivity contribution in [3.8, 4) is 0 Å². The van der Waals surface area contributed by atoms with Crippen LogP contribution in [0.3, 0.4) is 0 Å². The van der Waals surface area contributed by atoms with Gasteiger partial charge in [0.15, 0.2) is 5.82 Å². The van der Waals surface area contributed by atoms with Crippen LogP contribution < -0.4 is 5.32 Å². The molecule has 92 valence electrons. The van der Waals surface area contributed by atoms with E-state index < -0.39 is 0 Å². The first-order valence-corrected chi connectivity index (χ1v) is 6.45. The fourth-order valence-corrected chi connectivity index (χ4v) is 1.63. The fraction of sp³-hybridized carbons (Fsp3) is 0.833. The maximum Gasteiger partial charge on any atom is 0.150 e. The summed E-state index contributed by atoms with van der Waals surface area (Å²) >= 11 is 0. The van der Waals surface area contributed by atoms with E-state index in [0.717, 1.165) is 44.1 Å². The van der Waals surface area contributed by atoms with E-state index in [-0.39, 0.29) is 0 Å². The van der Waals surface area contributed by atoms with E-state index in [1.807, 2.05) is 4.68 Å². The molecule has 0 unspecified atom stereocenters. The van der Waals surface area contributed by atoms with Crippen LogP contribution in [0.5, 0.6) is 0 Å². The number of nitrogens with zero attached hydrogens (tertiary/aromatic N) is 3. The van der Waals surface area contributed by atoms with Crippen LogP contribution in [0.1, 0.15) is 45.3 Å². The first kappa shape index (κ1) is 13.2. The molecule has 4 heteroatoms. The maximum atomic E-state index is 4.49. The van der Waals surface area contributed by atoms with Gasteiger partial charge >= 0.3 is 0 Å². The highest BCUT2D eigenvalue weighted by Gasteiger charge is 2.05. The van der Waals surface area contributed by atoms with Crippen LogP contribution in [-0.2, 0) is 19.4 Å². The van der Waals surface area contributed by atoms with Gasteiger partial charge in [-0.15, -0.1) is 0 Å². The summed E-state index contributed by atoms with van der Waals surface area (Å²) in [6.45, 7) is 9.46. The number of aryl methyl sites for hydroxylation is 2. The molecule has 0 saturated carbocycles. The lowest BCUT2D eigenvalue weighted by Crippen LogP contribution is -2.22. The Bertz CT molecular complexity index is 293. The molecule has 0 atom stereocenters. The quantitative estimate of drug-likeness (QED) is 0.685. The summed E-state index contributed by atoms with van der Waals surface area (Å²) in [7, 11) is 0. The van der Waals surface area contributed by atoms with E-state index in [4.69, 9.17) is 0 Å². The first-order valence-electron chi connectivity index (χ1n) is 6.45. The second-order valence-corrected chi connectivity index (χ2v) is 3.98. The largest absolute Gasteiger partial charge is 0.315 e. The molecule has 1 heterocycles. The molecule has 0 aliphatic rings. The van der Waals surface area contributed by atoms with E-state index in [1.54, 1.807) is 0 Å². The minimum Gasteiger partial charge on any atom is -0.315 e. The standard InChI is InChI=1S/C12H24N4/c1-4-7-8-13-9-10-16-12(6-3)14-11(5-2)15-16/h13H,4-10H2,1-3H3. The highest BCUT2D eigenvalue weighted by Crippen LogP contribution is 2.00. The van der Waals surface area contributed by atoms with Crippen LogP contribution in [0, 0.1) is 0 Å². The molecule has 1 aromatic rings. The van der Waals surface area contributed by atoms with Gasteiger partial charge in [0.2, 0.25) is 0 Å². The molecule has 0 amide bonds. The topological polar surface area (TPSA) is 42.7 Å². The molecule has 0 fully saturated rings. The molecule has 0 radical (unpaired) electrons. The summed E-state index contributed by atoms with van der Waals surface area (Å²) in [6.07, 6.45) is 4.37. The summed E-state index contributed by atoms with van der Waals surface area (Å²) in [6, 6.07) is 0. The van der Waals surface area contributed by atoms with Gasteiger partial charge in [-0.3, -0.25) is 0 Å². The molecule has 0 saturated heterocycles. The van der Waals surface area contributed by atoms with Crippen molar-refractivity contribution in [3.63, 3.8) is 0 Å². The van der Waals surface area contributed by atoms with Gasteiger partial charge in [-0.2, -0.15) is 5.10 Å². The second-order valence-electron chi connectivity index (χ2n) is 3.98. The number of rotatable bonds is 8. The van der Waals surface area contributed by atoms with E-state index in [2.05, 4.69) is 36.2 Å². The van der Waals surface area contributed by atoms with Gasteiger partial charge in [0.05, 0.1) is 6.54 Å². The first-order chi connectivity index (χ1) is 7.81. The lowest BCUT2D eigenvalue weighted by atomic mass is 10.3. The Balaban J connectivity index is 2.37. The van der Waals surface area contributed by atoms with E-state index in [0.29, 0.717) is 0 Å². The predicted octanol–water partition coefficient (Wildman–Crippen LogP) is 1.79. The Hall–Kier alpha value is -0.900. The fourth-order valence-electron chi connectivity index (χ4n) is 1.63. The van der Waals surface area contributed by atoms with Gasteiger partial charge < -0.3 is 5.32 Å². The Morgan fingerprint density at radius 3 is 2.56 bits per heavy atom. The molecule has 1 rings (SSSR count). The van der Waals surface area contributed by atoms with E-state index in [9.17, 15) is 0 Å². The van der Waals surface area contributed by atoms with Crippen LogP contribution >= 0.6 is 0 Å². The minimum atomic E-state index is 0.920. The molecule has 16 heavy (non-hydrogen) atoms. The zero-order chi connectivity index (χ0) is 11.8. The summed E-state index contributed by atoms with van der Waals surface area (Å²) < 4.78 is 2.04. The highest BCUT2D eigenvalue weighted by atomic mass is 15.3. The van der Waals surface area contributed by atoms with Gasteiger partial charge in [-0.05, 0) is 13.0 Å². The molecule has 1 aromatic heterocycles. The van der Waals surface area contributed by atoms with E-state index >= 15 is 0 Å². The molecule has 0 spiro atoms. The van der Waals surface area contributed by atoms with Crippen molar-refractivity contribution in [2.24, 2.45) is 0 Å². The Morgan fingerprint density at radius 2 is 1.94 bits per heavy atom. The predicted molar refractivity (Wildman–Crippen MR) is 66.6 cm³/mol. The summed E-state index contributed by atoms with van der Waals surface area (Å²) in [4.78, 5) is 4.49. The molecule has 0 aliphatic heterocycles. The monoisotopic (exact) mass is 224 g/mol. The zero-order valence-electron chi connectivity index (χ0n) is 10.8. The van der Waals surface area contributed by atoms with Crippen molar-refractivity contribution in [1.82, 2.24) is 20.1 Å². The number of hydrogen-bond donors (Lipinski definition) is 1. The third-order valence-corrected chi connectivity index (χ3v) is 2.63. The third-order valence-electron chi connectivity index (χ3n) is 2.63. The molecule has 0 bridgehead atoms. The second kappa shape index (κ2) is 7.39. The molecule has 0 aromatic carbocycles. The number of unbranched alkanes of at least 4 members (excludes halogenated alkanes) is 1. The zero-order valence-corrected chi connectivity index (χ0v) is 10.8. The van der Waals surface area contributed by atoms with Gasteiger partial charge in [0.1, 0.15) is 5.82 Å². The summed E-state index contributed by atoms with van der Waals surface area (Å²) in [5.41, 5.74) is 0. The number of hydrogen-bond acceptors (Lipinski definition) is 3. The van der Waals surface area contributed by atoms with Crippen molar-refractivity contribution in [2.45, 2.75) is 53.0 Å². The summed E-state index contributed by atoms with van der Waals surface area (Å²) in [5.74, 6) is 2.07. The number of aromatic nitrogens is 3. The van der Waals surface area contributed by atoms with Crippen LogP contribution in [-0.4, -0.2) is 27.9 Å². The van der Waals surface area contributed by atoms with Crippen LogP contribution in [0.25, 0.3) is 0 Å². The smallest absolute Gasteiger partial charge is 0.150 e. The van der Waals surface area contributed by atoms with Crippen LogP contribution in [0.2, 0.25) is 0 Å². The van der Waals surface area contributed by atoms with Gasteiger partial charge in [-0.25, -0.2) is 9.67 Å². The average Bonchev–Trinajstić information content (AvgIpc) is 2.71. The lowest BCUT2D eigenvalue weighted by molar-refractivity contribution is 0.526.